The zero-order valence-corrected chi connectivity index (χ0v) is 28.7. The first-order valence-electron chi connectivity index (χ1n) is 16.6. The number of allylic oxidation sites excluding steroid dienone is 10. The highest BCUT2D eigenvalue weighted by Gasteiger charge is 2.45. The van der Waals surface area contributed by atoms with Crippen LogP contribution in [0, 0.1) is 95.1 Å². The second-order valence-electron chi connectivity index (χ2n) is 12.7. The molecule has 2 unspecified atom stereocenters. The lowest BCUT2D eigenvalue weighted by Gasteiger charge is -2.25. The van der Waals surface area contributed by atoms with Gasteiger partial charge in [0, 0.05) is 11.8 Å². The Balaban J connectivity index is 1.62. The van der Waals surface area contributed by atoms with Gasteiger partial charge in [-0.2, -0.15) is 21.0 Å². The van der Waals surface area contributed by atoms with Crippen molar-refractivity contribution in [2.75, 3.05) is 0 Å². The molecule has 3 aliphatic rings. The Bertz CT molecular complexity index is 2940. The minimum atomic E-state index is -0.796. The van der Waals surface area contributed by atoms with Crippen LogP contribution in [0.15, 0.2) is 131 Å². The molecule has 4 aromatic rings. The molecule has 8 nitrogen and oxygen atoms in total. The van der Waals surface area contributed by atoms with Crippen LogP contribution in [-0.2, 0) is 0 Å². The van der Waals surface area contributed by atoms with Crippen LogP contribution < -0.4 is 0 Å². The van der Waals surface area contributed by atoms with E-state index in [1.165, 1.54) is 84.9 Å². The van der Waals surface area contributed by atoms with Crippen LogP contribution in [-0.4, -0.2) is 0 Å². The molecule has 10 heteroatoms. The number of nitriles is 4. The molecule has 0 bridgehead atoms. The van der Waals surface area contributed by atoms with Crippen LogP contribution in [0.4, 0.5) is 20.2 Å². The van der Waals surface area contributed by atoms with E-state index in [9.17, 15) is 29.8 Å². The maximum atomic E-state index is 14.3. The summed E-state index contributed by atoms with van der Waals surface area (Å²) < 4.78 is 28.6. The second-order valence-corrected chi connectivity index (χ2v) is 12.7. The third kappa shape index (κ3) is 5.79. The Morgan fingerprint density at radius 1 is 0.589 bits per heavy atom. The zero-order chi connectivity index (χ0) is 39.7. The summed E-state index contributed by atoms with van der Waals surface area (Å²) in [5.41, 5.74) is 4.18. The van der Waals surface area contributed by atoms with Crippen molar-refractivity contribution in [3.05, 3.63) is 221 Å². The summed E-state index contributed by atoms with van der Waals surface area (Å²) >= 11 is 0. The second kappa shape index (κ2) is 14.3. The molecule has 0 saturated heterocycles. The molecule has 2 atom stereocenters. The lowest BCUT2D eigenvalue weighted by Crippen LogP contribution is -2.15. The van der Waals surface area contributed by atoms with Gasteiger partial charge in [-0.15, -0.1) is 0 Å². The third-order valence-electron chi connectivity index (χ3n) is 9.72. The van der Waals surface area contributed by atoms with E-state index in [1.807, 2.05) is 12.1 Å². The molecule has 0 spiro atoms. The molecule has 56 heavy (non-hydrogen) atoms. The van der Waals surface area contributed by atoms with E-state index in [0.29, 0.717) is 39.0 Å². The van der Waals surface area contributed by atoms with Gasteiger partial charge in [0.1, 0.15) is 17.7 Å². The lowest BCUT2D eigenvalue weighted by molar-refractivity contribution is 0.627. The zero-order valence-electron chi connectivity index (χ0n) is 28.7. The van der Waals surface area contributed by atoms with Gasteiger partial charge in [-0.05, 0) is 98.2 Å². The fourth-order valence-electron chi connectivity index (χ4n) is 7.48. The first-order valence-corrected chi connectivity index (χ1v) is 16.6. The summed E-state index contributed by atoms with van der Waals surface area (Å²) in [6.45, 7) is 32.2. The summed E-state index contributed by atoms with van der Waals surface area (Å²) in [7, 11) is 0. The monoisotopic (exact) mass is 720 g/mol. The largest absolute Gasteiger partial charge is 0.241 e. The summed E-state index contributed by atoms with van der Waals surface area (Å²) in [4.78, 5) is 14.8. The highest BCUT2D eigenvalue weighted by atomic mass is 19.1. The smallest absolute Gasteiger partial charge is 0.202 e. The molecule has 0 radical (unpaired) electrons. The third-order valence-corrected chi connectivity index (χ3v) is 9.72. The summed E-state index contributed by atoms with van der Waals surface area (Å²) in [6, 6.07) is 28.1. The summed E-state index contributed by atoms with van der Waals surface area (Å²) in [6.07, 6.45) is 3.51. The molecule has 0 amide bonds. The summed E-state index contributed by atoms with van der Waals surface area (Å²) in [5, 5.41) is 41.3. The van der Waals surface area contributed by atoms with Gasteiger partial charge in [0.05, 0.1) is 66.8 Å². The predicted molar refractivity (Wildman–Crippen MR) is 203 cm³/mol. The van der Waals surface area contributed by atoms with Crippen LogP contribution >= 0.6 is 0 Å². The molecule has 256 valence electrons. The van der Waals surface area contributed by atoms with Crippen LogP contribution in [0.25, 0.3) is 41.8 Å². The van der Waals surface area contributed by atoms with Crippen molar-refractivity contribution in [1.82, 2.24) is 0 Å². The van der Waals surface area contributed by atoms with Gasteiger partial charge in [-0.3, -0.25) is 0 Å². The molecule has 0 fully saturated rings. The van der Waals surface area contributed by atoms with E-state index >= 15 is 0 Å². The van der Waals surface area contributed by atoms with Gasteiger partial charge >= 0.3 is 0 Å². The van der Waals surface area contributed by atoms with Crippen LogP contribution in [0.3, 0.4) is 0 Å². The molecule has 4 aromatic carbocycles. The van der Waals surface area contributed by atoms with Crippen molar-refractivity contribution in [3.63, 3.8) is 0 Å². The van der Waals surface area contributed by atoms with Crippen LogP contribution in [0.1, 0.15) is 33.4 Å². The summed E-state index contributed by atoms with van der Waals surface area (Å²) in [5.74, 6) is -2.62. The number of hydrogen-bond donors (Lipinski definition) is 0. The van der Waals surface area contributed by atoms with E-state index in [2.05, 4.69) is 31.5 Å². The van der Waals surface area contributed by atoms with Crippen molar-refractivity contribution in [2.45, 2.75) is 0 Å². The van der Waals surface area contributed by atoms with Gasteiger partial charge in [-0.25, -0.2) is 28.2 Å². The lowest BCUT2D eigenvalue weighted by atomic mass is 9.77. The Labute approximate surface area is 320 Å². The average molecular weight is 721 g/mol. The van der Waals surface area contributed by atoms with Gasteiger partial charge in [0.2, 0.25) is 5.70 Å². The number of benzene rings is 4. The Morgan fingerprint density at radius 2 is 1.14 bits per heavy atom. The van der Waals surface area contributed by atoms with Crippen molar-refractivity contribution in [3.8, 4) is 24.3 Å². The molecule has 7 rings (SSSR count). The first-order chi connectivity index (χ1) is 27.2. The normalized spacial score (nSPS) is 18.2. The molecular formula is C46H18F2N8. The van der Waals surface area contributed by atoms with Gasteiger partial charge in [0.15, 0.2) is 17.1 Å². The highest BCUT2D eigenvalue weighted by molar-refractivity contribution is 6.07. The topological polar surface area (TPSA) is 113 Å². The Morgan fingerprint density at radius 3 is 1.62 bits per heavy atom. The molecule has 0 aliphatic heterocycles. The van der Waals surface area contributed by atoms with E-state index in [0.717, 1.165) is 0 Å². The van der Waals surface area contributed by atoms with Crippen molar-refractivity contribution in [1.29, 1.82) is 21.0 Å². The minimum absolute atomic E-state index is 0.00798. The van der Waals surface area contributed by atoms with Crippen LogP contribution in [0.2, 0.25) is 0 Å². The maximum absolute atomic E-state index is 14.3. The van der Waals surface area contributed by atoms with E-state index in [4.69, 9.17) is 26.3 Å². The molecule has 0 saturated carbocycles. The standard InChI is InChI=1S/C46H18F2N8/c1-53-33-16-29(17-34(18-33)54-2)39(23-51)43-37-20-36-35(19-38(37)46(56-4)42(43)28-7-11-32(48)12-8-28)40(24-52)41(27-5-9-31(47)10-6-27)44(36)45(55-3)30-14-25(21-49)13-26(15-30)22-50/h5-20,37-38H/b43-39-,45-44+. The quantitative estimate of drug-likeness (QED) is 0.154. The highest BCUT2D eigenvalue weighted by Crippen LogP contribution is 2.59. The fourth-order valence-corrected chi connectivity index (χ4v) is 7.48. The van der Waals surface area contributed by atoms with Gasteiger partial charge < -0.3 is 0 Å². The molecular weight excluding hydrogens is 703 g/mol. The number of nitrogens with zero attached hydrogens (tertiary/aromatic N) is 8. The molecule has 3 aliphatic carbocycles. The van der Waals surface area contributed by atoms with E-state index in [-0.39, 0.29) is 61.7 Å². The van der Waals surface area contributed by atoms with E-state index < -0.39 is 23.5 Å². The Kier molecular flexibility index (Phi) is 9.04. The van der Waals surface area contributed by atoms with Gasteiger partial charge in [-0.1, -0.05) is 54.6 Å². The van der Waals surface area contributed by atoms with Crippen molar-refractivity contribution in [2.24, 2.45) is 11.8 Å². The molecule has 0 heterocycles. The maximum Gasteiger partial charge on any atom is 0.202 e. The Hall–Kier alpha value is -8.90. The number of halogens is 2. The first kappa shape index (κ1) is 35.5. The number of hydrogen-bond acceptors (Lipinski definition) is 4. The molecule has 0 aromatic heterocycles. The minimum Gasteiger partial charge on any atom is -0.241 e. The fraction of sp³-hybridized carbons (Fsp3) is 0.0435. The SMILES string of the molecule is [C-]#[N+]C1=C(c2ccc(F)cc2)/C(=C(/C#N)c2cc([N+]#[C-])cc([N+]#[C-])c2)C2C=C3C(=CC12)C(C#N)=C(c1ccc(F)cc1)/C3=C(/[N+]#[C-])c1cc(C#N)cc(C#N)c1. The number of fused-ring (bicyclic) bond motifs is 2. The number of rotatable bonds is 4. The van der Waals surface area contributed by atoms with Gasteiger partial charge in [0.25, 0.3) is 0 Å². The predicted octanol–water partition coefficient (Wildman–Crippen LogP) is 10.9. The van der Waals surface area contributed by atoms with E-state index in [1.54, 1.807) is 12.2 Å². The molecule has 0 N–H and O–H groups in total. The van der Waals surface area contributed by atoms with Crippen molar-refractivity contribution >= 4 is 33.8 Å². The van der Waals surface area contributed by atoms with Crippen LogP contribution in [0.5, 0.6) is 0 Å². The van der Waals surface area contributed by atoms with Crippen molar-refractivity contribution < 1.29 is 8.78 Å². The average Bonchev–Trinajstić information content (AvgIpc) is 3.72.